The number of thiocarbonyl (C=S) groups is 1. The molecule has 4 heteroatoms. The molecule has 1 rings (SSSR count). The Hall–Kier alpha value is -1.16. The molecule has 1 aromatic rings. The summed E-state index contributed by atoms with van der Waals surface area (Å²) < 4.78 is 13.0. The van der Waals surface area contributed by atoms with E-state index in [0.717, 1.165) is 0 Å². The van der Waals surface area contributed by atoms with Gasteiger partial charge in [-0.25, -0.2) is 4.39 Å². The van der Waals surface area contributed by atoms with Crippen molar-refractivity contribution in [3.8, 4) is 0 Å². The van der Waals surface area contributed by atoms with E-state index in [0.29, 0.717) is 16.4 Å². The first kappa shape index (κ1) is 9.92. The Morgan fingerprint density at radius 1 is 1.46 bits per heavy atom. The van der Waals surface area contributed by atoms with Crippen LogP contribution in [0.15, 0.2) is 18.2 Å². The van der Waals surface area contributed by atoms with Gasteiger partial charge in [-0.2, -0.15) is 0 Å². The number of hydrogen-bond acceptors (Lipinski definition) is 1. The van der Waals surface area contributed by atoms with E-state index in [-0.39, 0.29) is 5.82 Å². The lowest BCUT2D eigenvalue weighted by molar-refractivity contribution is 0.619. The second-order valence-corrected chi connectivity index (χ2v) is 3.02. The van der Waals surface area contributed by atoms with Crippen molar-refractivity contribution in [3.63, 3.8) is 0 Å². The first-order chi connectivity index (χ1) is 6.15. The molecule has 0 aromatic heterocycles. The van der Waals surface area contributed by atoms with E-state index < -0.39 is 0 Å². The minimum absolute atomic E-state index is 0.232. The van der Waals surface area contributed by atoms with E-state index in [4.69, 9.17) is 12.2 Å². The second kappa shape index (κ2) is 4.18. The van der Waals surface area contributed by atoms with Gasteiger partial charge in [-0.15, -0.1) is 0 Å². The van der Waals surface area contributed by atoms with Crippen LogP contribution in [0.1, 0.15) is 5.56 Å². The third kappa shape index (κ3) is 2.39. The number of halogens is 1. The van der Waals surface area contributed by atoms with Crippen LogP contribution in [0.25, 0.3) is 0 Å². The Labute approximate surface area is 82.2 Å². The van der Waals surface area contributed by atoms with Gasteiger partial charge in [0.2, 0.25) is 0 Å². The highest BCUT2D eigenvalue weighted by atomic mass is 32.1. The van der Waals surface area contributed by atoms with E-state index >= 15 is 0 Å². The molecule has 0 heterocycles. The predicted octanol–water partition coefficient (Wildman–Crippen LogP) is 2.05. The highest BCUT2D eigenvalue weighted by Gasteiger charge is 2.03. The van der Waals surface area contributed by atoms with E-state index in [1.807, 2.05) is 0 Å². The van der Waals surface area contributed by atoms with Crippen molar-refractivity contribution in [3.05, 3.63) is 29.6 Å². The molecule has 2 N–H and O–H groups in total. The van der Waals surface area contributed by atoms with Crippen LogP contribution in [0.5, 0.6) is 0 Å². The molecular weight excluding hydrogens is 187 g/mol. The van der Waals surface area contributed by atoms with Gasteiger partial charge in [-0.05, 0) is 31.3 Å². The van der Waals surface area contributed by atoms with Gasteiger partial charge in [0.25, 0.3) is 0 Å². The van der Waals surface area contributed by atoms with Gasteiger partial charge < -0.3 is 10.6 Å². The third-order valence-electron chi connectivity index (χ3n) is 1.74. The summed E-state index contributed by atoms with van der Waals surface area (Å²) in [6.45, 7) is 1.70. The number of rotatable bonds is 1. The van der Waals surface area contributed by atoms with Gasteiger partial charge in [0.1, 0.15) is 5.82 Å². The Kier molecular flexibility index (Phi) is 3.19. The van der Waals surface area contributed by atoms with Crippen molar-refractivity contribution < 1.29 is 4.39 Å². The number of nitrogens with one attached hydrogen (secondary N) is 2. The maximum Gasteiger partial charge on any atom is 0.170 e. The highest BCUT2D eigenvalue weighted by Crippen LogP contribution is 2.16. The molecular formula is C9H11FN2S. The van der Waals surface area contributed by atoms with Gasteiger partial charge in [0, 0.05) is 18.3 Å². The summed E-state index contributed by atoms with van der Waals surface area (Å²) in [6.07, 6.45) is 0. The van der Waals surface area contributed by atoms with Crippen molar-refractivity contribution in [2.75, 3.05) is 12.4 Å². The van der Waals surface area contributed by atoms with Crippen molar-refractivity contribution in [1.29, 1.82) is 0 Å². The van der Waals surface area contributed by atoms with Crippen LogP contribution in [0.4, 0.5) is 10.1 Å². The number of anilines is 1. The molecule has 13 heavy (non-hydrogen) atoms. The predicted molar refractivity (Wildman–Crippen MR) is 56.4 cm³/mol. The summed E-state index contributed by atoms with van der Waals surface area (Å²) >= 11 is 4.90. The van der Waals surface area contributed by atoms with E-state index in [1.165, 1.54) is 6.07 Å². The van der Waals surface area contributed by atoms with Crippen LogP contribution < -0.4 is 10.6 Å². The van der Waals surface area contributed by atoms with E-state index in [2.05, 4.69) is 10.6 Å². The lowest BCUT2D eigenvalue weighted by Crippen LogP contribution is -2.24. The van der Waals surface area contributed by atoms with Crippen LogP contribution >= 0.6 is 12.2 Å². The fraction of sp³-hybridized carbons (Fsp3) is 0.222. The van der Waals surface area contributed by atoms with Gasteiger partial charge in [0.05, 0.1) is 0 Å². The molecule has 0 saturated carbocycles. The molecule has 0 atom stereocenters. The first-order valence-corrected chi connectivity index (χ1v) is 4.30. The Balaban J connectivity index is 2.89. The molecule has 0 radical (unpaired) electrons. The number of benzene rings is 1. The van der Waals surface area contributed by atoms with Crippen molar-refractivity contribution in [1.82, 2.24) is 5.32 Å². The lowest BCUT2D eigenvalue weighted by atomic mass is 10.2. The molecule has 0 aliphatic carbocycles. The molecule has 0 saturated heterocycles. The third-order valence-corrected chi connectivity index (χ3v) is 2.05. The molecule has 0 amide bonds. The van der Waals surface area contributed by atoms with Crippen molar-refractivity contribution in [2.45, 2.75) is 6.92 Å². The molecule has 0 spiro atoms. The van der Waals surface area contributed by atoms with Crippen molar-refractivity contribution >= 4 is 23.0 Å². The standard InChI is InChI=1S/C9H11FN2S/c1-6-7(10)4-3-5-8(6)12-9(13)11-2/h3-5H,1-2H3,(H2,11,12,13). The van der Waals surface area contributed by atoms with Crippen LogP contribution in [-0.2, 0) is 0 Å². The molecule has 2 nitrogen and oxygen atoms in total. The topological polar surface area (TPSA) is 24.1 Å². The summed E-state index contributed by atoms with van der Waals surface area (Å²) in [7, 11) is 1.71. The maximum atomic E-state index is 13.0. The molecule has 0 unspecified atom stereocenters. The van der Waals surface area contributed by atoms with Crippen LogP contribution in [-0.4, -0.2) is 12.2 Å². The Morgan fingerprint density at radius 2 is 2.15 bits per heavy atom. The second-order valence-electron chi connectivity index (χ2n) is 2.62. The fourth-order valence-corrected chi connectivity index (χ4v) is 1.04. The van der Waals surface area contributed by atoms with Gasteiger partial charge >= 0.3 is 0 Å². The number of hydrogen-bond donors (Lipinski definition) is 2. The van der Waals surface area contributed by atoms with Gasteiger partial charge in [0.15, 0.2) is 5.11 Å². The van der Waals surface area contributed by atoms with E-state index in [1.54, 1.807) is 26.1 Å². The molecule has 70 valence electrons. The summed E-state index contributed by atoms with van der Waals surface area (Å²) in [5.74, 6) is -0.232. The first-order valence-electron chi connectivity index (χ1n) is 3.89. The SMILES string of the molecule is CNC(=S)Nc1cccc(F)c1C. The summed E-state index contributed by atoms with van der Waals surface area (Å²) in [5.41, 5.74) is 1.26. The monoisotopic (exact) mass is 198 g/mol. The smallest absolute Gasteiger partial charge is 0.170 e. The van der Waals surface area contributed by atoms with Crippen LogP contribution in [0, 0.1) is 12.7 Å². The Morgan fingerprint density at radius 3 is 2.77 bits per heavy atom. The molecule has 0 aliphatic rings. The largest absolute Gasteiger partial charge is 0.366 e. The van der Waals surface area contributed by atoms with Crippen LogP contribution in [0.2, 0.25) is 0 Å². The van der Waals surface area contributed by atoms with Gasteiger partial charge in [-0.1, -0.05) is 6.07 Å². The van der Waals surface area contributed by atoms with Crippen LogP contribution in [0.3, 0.4) is 0 Å². The zero-order valence-corrected chi connectivity index (χ0v) is 8.33. The quantitative estimate of drug-likeness (QED) is 0.675. The van der Waals surface area contributed by atoms with Gasteiger partial charge in [-0.3, -0.25) is 0 Å². The zero-order chi connectivity index (χ0) is 9.84. The molecule has 1 aromatic carbocycles. The van der Waals surface area contributed by atoms with E-state index in [9.17, 15) is 4.39 Å². The lowest BCUT2D eigenvalue weighted by Gasteiger charge is -2.09. The zero-order valence-electron chi connectivity index (χ0n) is 7.52. The minimum Gasteiger partial charge on any atom is -0.366 e. The summed E-state index contributed by atoms with van der Waals surface area (Å²) in [6, 6.07) is 4.84. The molecule has 0 fully saturated rings. The van der Waals surface area contributed by atoms with Crippen molar-refractivity contribution in [2.24, 2.45) is 0 Å². The molecule has 0 aliphatic heterocycles. The maximum absolute atomic E-state index is 13.0. The summed E-state index contributed by atoms with van der Waals surface area (Å²) in [5, 5.41) is 6.12. The summed E-state index contributed by atoms with van der Waals surface area (Å²) in [4.78, 5) is 0. The average molecular weight is 198 g/mol. The minimum atomic E-state index is -0.232. The normalized spacial score (nSPS) is 9.46. The Bertz CT molecular complexity index is 325. The fourth-order valence-electron chi connectivity index (χ4n) is 0.928. The average Bonchev–Trinajstić information content (AvgIpc) is 2.13. The highest BCUT2D eigenvalue weighted by molar-refractivity contribution is 7.80. The molecule has 0 bridgehead atoms.